The van der Waals surface area contributed by atoms with Crippen LogP contribution in [-0.4, -0.2) is 30.6 Å². The molecule has 0 bridgehead atoms. The molecule has 1 aromatic rings. The maximum absolute atomic E-state index is 5.83. The van der Waals surface area contributed by atoms with E-state index in [9.17, 15) is 0 Å². The fourth-order valence-corrected chi connectivity index (χ4v) is 1.73. The molecule has 2 N–H and O–H groups in total. The maximum Gasteiger partial charge on any atom is 0.128 e. The van der Waals surface area contributed by atoms with Gasteiger partial charge in [-0.25, -0.2) is 4.98 Å². The normalized spacial score (nSPS) is 12.5. The summed E-state index contributed by atoms with van der Waals surface area (Å²) in [6, 6.07) is 4.10. The van der Waals surface area contributed by atoms with Crippen LogP contribution in [0.5, 0.6) is 0 Å². The number of pyridine rings is 1. The van der Waals surface area contributed by atoms with Crippen LogP contribution in [0.25, 0.3) is 0 Å². The van der Waals surface area contributed by atoms with Crippen molar-refractivity contribution in [2.75, 3.05) is 30.5 Å². The van der Waals surface area contributed by atoms with Crippen molar-refractivity contribution in [3.63, 3.8) is 0 Å². The summed E-state index contributed by atoms with van der Waals surface area (Å²) >= 11 is 1.84. The van der Waals surface area contributed by atoms with Crippen molar-refractivity contribution >= 4 is 17.6 Å². The molecule has 0 aliphatic carbocycles. The van der Waals surface area contributed by atoms with Crippen molar-refractivity contribution in [2.24, 2.45) is 5.73 Å². The highest BCUT2D eigenvalue weighted by Crippen LogP contribution is 2.15. The molecule has 1 rings (SSSR count). The lowest BCUT2D eigenvalue weighted by Crippen LogP contribution is -2.21. The predicted octanol–water partition coefficient (Wildman–Crippen LogP) is 1.90. The first-order chi connectivity index (χ1) is 7.15. The molecule has 4 heteroatoms. The summed E-state index contributed by atoms with van der Waals surface area (Å²) in [4.78, 5) is 6.49. The van der Waals surface area contributed by atoms with Crippen molar-refractivity contribution in [3.05, 3.63) is 23.9 Å². The van der Waals surface area contributed by atoms with Gasteiger partial charge in [0.05, 0.1) is 0 Å². The minimum absolute atomic E-state index is 0.0701. The van der Waals surface area contributed by atoms with Gasteiger partial charge in [0.15, 0.2) is 0 Å². The predicted molar refractivity (Wildman–Crippen MR) is 68.5 cm³/mol. The van der Waals surface area contributed by atoms with Crippen LogP contribution in [0.4, 0.5) is 5.82 Å². The molecule has 0 radical (unpaired) electrons. The number of hydrogen-bond donors (Lipinski definition) is 1. The van der Waals surface area contributed by atoms with E-state index in [1.165, 1.54) is 0 Å². The summed E-state index contributed by atoms with van der Waals surface area (Å²) in [5.74, 6) is 2.11. The highest BCUT2D eigenvalue weighted by molar-refractivity contribution is 7.98. The van der Waals surface area contributed by atoms with E-state index in [4.69, 9.17) is 5.73 Å². The van der Waals surface area contributed by atoms with Gasteiger partial charge in [-0.3, -0.25) is 0 Å². The minimum atomic E-state index is 0.0701. The minimum Gasteiger partial charge on any atom is -0.359 e. The van der Waals surface area contributed by atoms with Gasteiger partial charge in [0.1, 0.15) is 5.82 Å². The highest BCUT2D eigenvalue weighted by Gasteiger charge is 2.05. The molecular formula is C11H19N3S. The van der Waals surface area contributed by atoms with Crippen molar-refractivity contribution in [1.29, 1.82) is 0 Å². The number of rotatable bonds is 5. The molecule has 0 unspecified atom stereocenters. The second-order valence-corrected chi connectivity index (χ2v) is 4.64. The molecule has 84 valence electrons. The second-order valence-electron chi connectivity index (χ2n) is 3.65. The summed E-state index contributed by atoms with van der Waals surface area (Å²) in [6.45, 7) is 3.00. The van der Waals surface area contributed by atoms with Gasteiger partial charge in [0, 0.05) is 31.6 Å². The number of hydrogen-bond acceptors (Lipinski definition) is 4. The van der Waals surface area contributed by atoms with Crippen molar-refractivity contribution < 1.29 is 0 Å². The van der Waals surface area contributed by atoms with E-state index in [2.05, 4.69) is 29.3 Å². The zero-order valence-corrected chi connectivity index (χ0v) is 10.4. The van der Waals surface area contributed by atoms with Crippen LogP contribution in [-0.2, 0) is 0 Å². The molecule has 0 aliphatic heterocycles. The molecule has 1 aromatic heterocycles. The first-order valence-electron chi connectivity index (χ1n) is 5.06. The Bertz CT molecular complexity index is 302. The quantitative estimate of drug-likeness (QED) is 0.831. The zero-order chi connectivity index (χ0) is 11.3. The van der Waals surface area contributed by atoms with E-state index in [-0.39, 0.29) is 6.04 Å². The van der Waals surface area contributed by atoms with Crippen molar-refractivity contribution in [2.45, 2.75) is 13.0 Å². The molecule has 0 spiro atoms. The van der Waals surface area contributed by atoms with Crippen LogP contribution in [0.3, 0.4) is 0 Å². The van der Waals surface area contributed by atoms with Crippen LogP contribution in [0.2, 0.25) is 0 Å². The summed E-state index contributed by atoms with van der Waals surface area (Å²) < 4.78 is 0. The largest absolute Gasteiger partial charge is 0.359 e. The van der Waals surface area contributed by atoms with Gasteiger partial charge in [-0.05, 0) is 30.9 Å². The first kappa shape index (κ1) is 12.3. The summed E-state index contributed by atoms with van der Waals surface area (Å²) in [5.41, 5.74) is 6.97. The van der Waals surface area contributed by atoms with Gasteiger partial charge in [-0.15, -0.1) is 0 Å². The van der Waals surface area contributed by atoms with Crippen LogP contribution in [0.15, 0.2) is 18.3 Å². The van der Waals surface area contributed by atoms with Crippen LogP contribution < -0.4 is 10.6 Å². The molecule has 0 aromatic carbocycles. The monoisotopic (exact) mass is 225 g/mol. The average Bonchev–Trinajstić information content (AvgIpc) is 2.26. The molecular weight excluding hydrogens is 206 g/mol. The smallest absolute Gasteiger partial charge is 0.128 e. The first-order valence-corrected chi connectivity index (χ1v) is 6.46. The van der Waals surface area contributed by atoms with Crippen LogP contribution in [0.1, 0.15) is 18.5 Å². The number of aromatic nitrogens is 1. The Morgan fingerprint density at radius 3 is 2.93 bits per heavy atom. The Morgan fingerprint density at radius 2 is 2.33 bits per heavy atom. The summed E-state index contributed by atoms with van der Waals surface area (Å²) in [5, 5.41) is 0. The van der Waals surface area contributed by atoms with Gasteiger partial charge in [-0.1, -0.05) is 0 Å². The molecule has 0 fully saturated rings. The molecule has 3 nitrogen and oxygen atoms in total. The average molecular weight is 225 g/mol. The van der Waals surface area contributed by atoms with E-state index < -0.39 is 0 Å². The fourth-order valence-electron chi connectivity index (χ4n) is 1.27. The van der Waals surface area contributed by atoms with Crippen molar-refractivity contribution in [1.82, 2.24) is 4.98 Å². The molecule has 0 aliphatic rings. The number of thioether (sulfide) groups is 1. The van der Waals surface area contributed by atoms with Gasteiger partial charge in [-0.2, -0.15) is 11.8 Å². The molecule has 0 saturated heterocycles. The zero-order valence-electron chi connectivity index (χ0n) is 9.60. The number of anilines is 1. The maximum atomic E-state index is 5.83. The molecule has 0 saturated carbocycles. The van der Waals surface area contributed by atoms with E-state index in [1.54, 1.807) is 0 Å². The lowest BCUT2D eigenvalue weighted by atomic mass is 10.1. The van der Waals surface area contributed by atoms with Crippen LogP contribution >= 0.6 is 11.8 Å². The van der Waals surface area contributed by atoms with Gasteiger partial charge in [0.2, 0.25) is 0 Å². The Hall–Kier alpha value is -0.740. The number of nitrogens with two attached hydrogens (primary N) is 1. The SMILES string of the molecule is CSCCN(C)c1cc([C@@H](C)N)ccn1. The second kappa shape index (κ2) is 5.98. The molecule has 15 heavy (non-hydrogen) atoms. The third-order valence-electron chi connectivity index (χ3n) is 2.32. The Kier molecular flexibility index (Phi) is 4.91. The van der Waals surface area contributed by atoms with E-state index >= 15 is 0 Å². The molecule has 1 heterocycles. The van der Waals surface area contributed by atoms with Gasteiger partial charge < -0.3 is 10.6 Å². The van der Waals surface area contributed by atoms with E-state index in [0.29, 0.717) is 0 Å². The summed E-state index contributed by atoms with van der Waals surface area (Å²) in [7, 11) is 2.06. The van der Waals surface area contributed by atoms with Gasteiger partial charge >= 0.3 is 0 Å². The Balaban J connectivity index is 2.71. The number of nitrogens with zero attached hydrogens (tertiary/aromatic N) is 2. The van der Waals surface area contributed by atoms with E-state index in [1.807, 2.05) is 30.9 Å². The molecule has 0 amide bonds. The lowest BCUT2D eigenvalue weighted by Gasteiger charge is -2.18. The Morgan fingerprint density at radius 1 is 1.60 bits per heavy atom. The Labute approximate surface area is 96.1 Å². The fraction of sp³-hybridized carbons (Fsp3) is 0.545. The third-order valence-corrected chi connectivity index (χ3v) is 2.91. The summed E-state index contributed by atoms with van der Waals surface area (Å²) in [6.07, 6.45) is 3.93. The van der Waals surface area contributed by atoms with E-state index in [0.717, 1.165) is 23.7 Å². The lowest BCUT2D eigenvalue weighted by molar-refractivity contribution is 0.811. The topological polar surface area (TPSA) is 42.1 Å². The molecule has 1 atom stereocenters. The third kappa shape index (κ3) is 3.72. The standard InChI is InChI=1S/C11H19N3S/c1-9(12)10-4-5-13-11(8-10)14(2)6-7-15-3/h4-5,8-9H,6-7,12H2,1-3H3/t9-/m1/s1. The van der Waals surface area contributed by atoms with Gasteiger partial charge in [0.25, 0.3) is 0 Å². The highest BCUT2D eigenvalue weighted by atomic mass is 32.2. The van der Waals surface area contributed by atoms with Crippen LogP contribution in [0, 0.1) is 0 Å². The van der Waals surface area contributed by atoms with Crippen molar-refractivity contribution in [3.8, 4) is 0 Å².